The maximum atomic E-state index is 13.3. The molecule has 0 heterocycles. The summed E-state index contributed by atoms with van der Waals surface area (Å²) in [7, 11) is 0. The van der Waals surface area contributed by atoms with Crippen LogP contribution in [0.2, 0.25) is 0 Å². The van der Waals surface area contributed by atoms with Crippen LogP contribution in [0.15, 0.2) is 48.5 Å². The van der Waals surface area contributed by atoms with Gasteiger partial charge in [0.1, 0.15) is 5.82 Å². The average Bonchev–Trinajstić information content (AvgIpc) is 2.60. The van der Waals surface area contributed by atoms with Crippen molar-refractivity contribution < 1.29 is 4.39 Å². The summed E-state index contributed by atoms with van der Waals surface area (Å²) in [5.41, 5.74) is 10.2. The largest absolute Gasteiger partial charge is 0.324 e. The Morgan fingerprint density at radius 2 is 1.95 bits per heavy atom. The summed E-state index contributed by atoms with van der Waals surface area (Å²) in [5, 5.41) is 0. The minimum Gasteiger partial charge on any atom is -0.324 e. The fourth-order valence-electron chi connectivity index (χ4n) is 3.27. The van der Waals surface area contributed by atoms with Crippen LogP contribution in [-0.2, 0) is 12.8 Å². The van der Waals surface area contributed by atoms with Crippen molar-refractivity contribution in [2.24, 2.45) is 11.7 Å². The molecule has 0 radical (unpaired) electrons. The van der Waals surface area contributed by atoms with E-state index in [4.69, 9.17) is 5.73 Å². The van der Waals surface area contributed by atoms with Gasteiger partial charge in [-0.1, -0.05) is 36.4 Å². The number of halogens is 1. The van der Waals surface area contributed by atoms with Gasteiger partial charge in [0.05, 0.1) is 0 Å². The highest BCUT2D eigenvalue weighted by molar-refractivity contribution is 5.32. The Hall–Kier alpha value is -1.67. The molecular formula is C18H20FN. The molecule has 20 heavy (non-hydrogen) atoms. The molecule has 1 nitrogen and oxygen atoms in total. The Kier molecular flexibility index (Phi) is 3.83. The minimum absolute atomic E-state index is 0.0527. The molecule has 2 aromatic rings. The number of benzene rings is 2. The highest BCUT2D eigenvalue weighted by atomic mass is 19.1. The Morgan fingerprint density at radius 3 is 2.80 bits per heavy atom. The molecule has 1 aliphatic carbocycles. The molecule has 2 unspecified atom stereocenters. The lowest BCUT2D eigenvalue weighted by Crippen LogP contribution is -2.22. The fourth-order valence-corrected chi connectivity index (χ4v) is 3.27. The second-order valence-electron chi connectivity index (χ2n) is 5.71. The normalized spacial score (nSPS) is 22.1. The zero-order valence-electron chi connectivity index (χ0n) is 11.6. The molecule has 0 aliphatic heterocycles. The zero-order chi connectivity index (χ0) is 13.9. The van der Waals surface area contributed by atoms with Gasteiger partial charge in [0.2, 0.25) is 0 Å². The van der Waals surface area contributed by atoms with E-state index in [2.05, 4.69) is 24.3 Å². The quantitative estimate of drug-likeness (QED) is 0.819. The lowest BCUT2D eigenvalue weighted by molar-refractivity contribution is 0.401. The van der Waals surface area contributed by atoms with E-state index < -0.39 is 0 Å². The third kappa shape index (κ3) is 2.75. The molecule has 104 valence electrons. The topological polar surface area (TPSA) is 26.0 Å². The monoisotopic (exact) mass is 269 g/mol. The Morgan fingerprint density at radius 1 is 1.10 bits per heavy atom. The van der Waals surface area contributed by atoms with E-state index >= 15 is 0 Å². The van der Waals surface area contributed by atoms with Crippen molar-refractivity contribution in [3.63, 3.8) is 0 Å². The first-order valence-electron chi connectivity index (χ1n) is 7.32. The summed E-state index contributed by atoms with van der Waals surface area (Å²) < 4.78 is 13.3. The number of hydrogen-bond donors (Lipinski definition) is 1. The Bertz CT molecular complexity index is 593. The van der Waals surface area contributed by atoms with Gasteiger partial charge in [-0.15, -0.1) is 0 Å². The van der Waals surface area contributed by atoms with Crippen molar-refractivity contribution in [1.82, 2.24) is 0 Å². The van der Waals surface area contributed by atoms with Crippen LogP contribution in [0.3, 0.4) is 0 Å². The molecule has 0 saturated heterocycles. The van der Waals surface area contributed by atoms with E-state index in [1.54, 1.807) is 12.1 Å². The van der Waals surface area contributed by atoms with Crippen molar-refractivity contribution >= 4 is 0 Å². The maximum Gasteiger partial charge on any atom is 0.123 e. The molecule has 2 N–H and O–H groups in total. The van der Waals surface area contributed by atoms with Crippen molar-refractivity contribution in [2.45, 2.75) is 31.7 Å². The molecule has 0 amide bonds. The second kappa shape index (κ2) is 5.76. The van der Waals surface area contributed by atoms with Crippen LogP contribution >= 0.6 is 0 Å². The number of fused-ring (bicyclic) bond motifs is 1. The first-order valence-corrected chi connectivity index (χ1v) is 7.32. The summed E-state index contributed by atoms with van der Waals surface area (Å²) in [6.07, 6.45) is 4.22. The summed E-state index contributed by atoms with van der Waals surface area (Å²) in [5.74, 6) is 0.227. The van der Waals surface area contributed by atoms with Gasteiger partial charge in [-0.05, 0) is 60.4 Å². The summed E-state index contributed by atoms with van der Waals surface area (Å²) in [6, 6.07) is 15.4. The van der Waals surface area contributed by atoms with Crippen molar-refractivity contribution in [2.75, 3.05) is 0 Å². The Labute approximate surface area is 119 Å². The molecular weight excluding hydrogens is 249 g/mol. The average molecular weight is 269 g/mol. The van der Waals surface area contributed by atoms with Crippen LogP contribution in [0.4, 0.5) is 4.39 Å². The third-order valence-corrected chi connectivity index (χ3v) is 4.33. The Balaban J connectivity index is 1.84. The molecule has 2 atom stereocenters. The highest BCUT2D eigenvalue weighted by Crippen LogP contribution is 2.33. The van der Waals surface area contributed by atoms with Crippen LogP contribution < -0.4 is 5.73 Å². The van der Waals surface area contributed by atoms with E-state index in [-0.39, 0.29) is 11.9 Å². The second-order valence-corrected chi connectivity index (χ2v) is 5.71. The highest BCUT2D eigenvalue weighted by Gasteiger charge is 2.24. The summed E-state index contributed by atoms with van der Waals surface area (Å²) in [6.45, 7) is 0. The van der Waals surface area contributed by atoms with E-state index in [1.165, 1.54) is 17.2 Å². The van der Waals surface area contributed by atoms with Gasteiger partial charge in [0.25, 0.3) is 0 Å². The van der Waals surface area contributed by atoms with Crippen LogP contribution in [-0.4, -0.2) is 0 Å². The van der Waals surface area contributed by atoms with E-state index in [0.717, 1.165) is 31.2 Å². The van der Waals surface area contributed by atoms with Gasteiger partial charge >= 0.3 is 0 Å². The SMILES string of the molecule is NC1c2ccccc2CCCC1Cc1cccc(F)c1. The predicted octanol–water partition coefficient (Wildman–Crippen LogP) is 4.02. The first kappa shape index (κ1) is 13.3. The van der Waals surface area contributed by atoms with Gasteiger partial charge in [0, 0.05) is 6.04 Å². The molecule has 2 aromatic carbocycles. The predicted molar refractivity (Wildman–Crippen MR) is 79.9 cm³/mol. The molecule has 0 spiro atoms. The van der Waals surface area contributed by atoms with Crippen LogP contribution in [0.5, 0.6) is 0 Å². The van der Waals surface area contributed by atoms with E-state index in [0.29, 0.717) is 5.92 Å². The number of aryl methyl sites for hydroxylation is 1. The molecule has 1 aliphatic rings. The smallest absolute Gasteiger partial charge is 0.123 e. The fraction of sp³-hybridized carbons (Fsp3) is 0.333. The standard InChI is InChI=1S/C18H20FN/c19-16-9-3-5-13(12-16)11-15-8-4-7-14-6-1-2-10-17(14)18(15)20/h1-3,5-6,9-10,12,15,18H,4,7-8,11,20H2. The van der Waals surface area contributed by atoms with Crippen LogP contribution in [0, 0.1) is 11.7 Å². The van der Waals surface area contributed by atoms with Gasteiger partial charge in [0.15, 0.2) is 0 Å². The van der Waals surface area contributed by atoms with Crippen molar-refractivity contribution in [1.29, 1.82) is 0 Å². The van der Waals surface area contributed by atoms with E-state index in [1.807, 2.05) is 6.07 Å². The summed E-state index contributed by atoms with van der Waals surface area (Å²) >= 11 is 0. The third-order valence-electron chi connectivity index (χ3n) is 4.33. The van der Waals surface area contributed by atoms with Gasteiger partial charge < -0.3 is 5.73 Å². The number of rotatable bonds is 2. The molecule has 0 fully saturated rings. The van der Waals surface area contributed by atoms with Crippen LogP contribution in [0.1, 0.15) is 35.6 Å². The van der Waals surface area contributed by atoms with Gasteiger partial charge in [-0.3, -0.25) is 0 Å². The zero-order valence-corrected chi connectivity index (χ0v) is 11.6. The first-order chi connectivity index (χ1) is 9.74. The molecule has 3 rings (SSSR count). The minimum atomic E-state index is -0.162. The number of nitrogens with two attached hydrogens (primary N) is 1. The van der Waals surface area contributed by atoms with Gasteiger partial charge in [-0.2, -0.15) is 0 Å². The lowest BCUT2D eigenvalue weighted by Gasteiger charge is -2.23. The lowest BCUT2D eigenvalue weighted by atomic mass is 9.86. The summed E-state index contributed by atoms with van der Waals surface area (Å²) in [4.78, 5) is 0. The van der Waals surface area contributed by atoms with Crippen molar-refractivity contribution in [3.8, 4) is 0 Å². The molecule has 0 saturated carbocycles. The maximum absolute atomic E-state index is 13.3. The van der Waals surface area contributed by atoms with Gasteiger partial charge in [-0.25, -0.2) is 4.39 Å². The van der Waals surface area contributed by atoms with Crippen molar-refractivity contribution in [3.05, 3.63) is 71.0 Å². The molecule has 0 aromatic heterocycles. The van der Waals surface area contributed by atoms with Crippen LogP contribution in [0.25, 0.3) is 0 Å². The number of hydrogen-bond acceptors (Lipinski definition) is 1. The molecule has 2 heteroatoms. The van der Waals surface area contributed by atoms with E-state index in [9.17, 15) is 4.39 Å². The molecule has 0 bridgehead atoms.